The van der Waals surface area contributed by atoms with Gasteiger partial charge in [-0.3, -0.25) is 4.68 Å². The van der Waals surface area contributed by atoms with E-state index in [1.54, 1.807) is 12.1 Å². The third kappa shape index (κ3) is 5.03. The number of halogens is 2. The zero-order valence-electron chi connectivity index (χ0n) is 19.6. The van der Waals surface area contributed by atoms with E-state index in [0.29, 0.717) is 54.3 Å². The maximum absolute atomic E-state index is 14.6. The Balaban J connectivity index is 0.000000265. The monoisotopic (exact) mass is 496 g/mol. The van der Waals surface area contributed by atoms with E-state index < -0.39 is 11.4 Å². The average Bonchev–Trinajstić information content (AvgIpc) is 3.54. The van der Waals surface area contributed by atoms with Gasteiger partial charge in [-0.25, -0.2) is 24.3 Å². The number of aryl methyl sites for hydroxylation is 2. The van der Waals surface area contributed by atoms with Gasteiger partial charge in [0.15, 0.2) is 11.5 Å². The second-order valence-electron chi connectivity index (χ2n) is 8.95. The molecule has 1 aliphatic heterocycles. The zero-order valence-corrected chi connectivity index (χ0v) is 20.3. The van der Waals surface area contributed by atoms with Crippen LogP contribution in [0.5, 0.6) is 0 Å². The van der Waals surface area contributed by atoms with Crippen molar-refractivity contribution < 1.29 is 14.2 Å². The van der Waals surface area contributed by atoms with Gasteiger partial charge in [0.05, 0.1) is 17.4 Å². The summed E-state index contributed by atoms with van der Waals surface area (Å²) in [6.45, 7) is 4.46. The van der Waals surface area contributed by atoms with Crippen LogP contribution in [0, 0.1) is 19.7 Å². The van der Waals surface area contributed by atoms with Gasteiger partial charge in [-0.15, -0.1) is 0 Å². The van der Waals surface area contributed by atoms with Crippen molar-refractivity contribution in [2.45, 2.75) is 51.2 Å². The Morgan fingerprint density at radius 1 is 1.09 bits per heavy atom. The normalized spacial score (nSPS) is 17.2. The van der Waals surface area contributed by atoms with Gasteiger partial charge in [-0.2, -0.15) is 5.10 Å². The summed E-state index contributed by atoms with van der Waals surface area (Å²) in [6.07, 6.45) is 7.22. The fraction of sp³-hybridized carbons (Fsp3) is 0.400. The number of aliphatic hydroxyl groups is 1. The summed E-state index contributed by atoms with van der Waals surface area (Å²) in [7, 11) is 0. The standard InChI is InChI=1S/C19H18ClFN4O2.C6H8N2/c1-10-11(2)23-17-16(22-10)15(13-4-3-12(20)9-14(13)21)24-18(25-17)19(26)5-7-27-8-6-19;1-4-7-8(5-1)6-2-3-6/h3-4,9,26H,5-8H2,1-2H3;1,4-6H,2-3H2. The minimum Gasteiger partial charge on any atom is -0.382 e. The molecule has 10 heteroatoms. The molecule has 0 amide bonds. The summed E-state index contributed by atoms with van der Waals surface area (Å²) >= 11 is 5.89. The van der Waals surface area contributed by atoms with Gasteiger partial charge in [-0.05, 0) is 51.0 Å². The molecule has 0 atom stereocenters. The van der Waals surface area contributed by atoms with E-state index in [0.717, 1.165) is 6.04 Å². The molecule has 6 rings (SSSR count). The number of nitrogens with zero attached hydrogens (tertiary/aromatic N) is 6. The Hall–Kier alpha value is -3.01. The Morgan fingerprint density at radius 2 is 1.83 bits per heavy atom. The first-order valence-corrected chi connectivity index (χ1v) is 12.0. The molecule has 2 fully saturated rings. The predicted molar refractivity (Wildman–Crippen MR) is 129 cm³/mol. The molecule has 0 radical (unpaired) electrons. The first-order chi connectivity index (χ1) is 16.8. The average molecular weight is 497 g/mol. The van der Waals surface area contributed by atoms with E-state index in [1.807, 2.05) is 37.0 Å². The molecule has 4 heterocycles. The molecular formula is C25H26ClFN6O2. The minimum atomic E-state index is -1.25. The number of benzene rings is 1. The Bertz CT molecular complexity index is 1350. The number of hydrogen-bond acceptors (Lipinski definition) is 7. The summed E-state index contributed by atoms with van der Waals surface area (Å²) in [5, 5.41) is 15.4. The lowest BCUT2D eigenvalue weighted by atomic mass is 9.93. The Labute approximate surface area is 207 Å². The molecule has 182 valence electrons. The van der Waals surface area contributed by atoms with Gasteiger partial charge in [0.2, 0.25) is 0 Å². The predicted octanol–water partition coefficient (Wildman–Crippen LogP) is 4.71. The third-order valence-electron chi connectivity index (χ3n) is 6.31. The molecule has 2 aliphatic rings. The first-order valence-electron chi connectivity index (χ1n) is 11.6. The third-order valence-corrected chi connectivity index (χ3v) is 6.55. The van der Waals surface area contributed by atoms with Crippen molar-refractivity contribution in [3.63, 3.8) is 0 Å². The zero-order chi connectivity index (χ0) is 24.6. The van der Waals surface area contributed by atoms with Crippen LogP contribution in [0.1, 0.15) is 48.9 Å². The van der Waals surface area contributed by atoms with Crippen LogP contribution in [-0.2, 0) is 10.3 Å². The van der Waals surface area contributed by atoms with Crippen LogP contribution in [0.3, 0.4) is 0 Å². The lowest BCUT2D eigenvalue weighted by Gasteiger charge is -2.30. The van der Waals surface area contributed by atoms with Gasteiger partial charge in [0.1, 0.15) is 22.6 Å². The van der Waals surface area contributed by atoms with Gasteiger partial charge in [0, 0.05) is 49.0 Å². The van der Waals surface area contributed by atoms with Gasteiger partial charge >= 0.3 is 0 Å². The van der Waals surface area contributed by atoms with Crippen molar-refractivity contribution in [1.29, 1.82) is 0 Å². The molecule has 1 saturated heterocycles. The number of hydrogen-bond donors (Lipinski definition) is 1. The highest BCUT2D eigenvalue weighted by Crippen LogP contribution is 2.35. The molecule has 1 N–H and O–H groups in total. The second kappa shape index (κ2) is 9.56. The molecular weight excluding hydrogens is 471 g/mol. The van der Waals surface area contributed by atoms with Crippen molar-refractivity contribution in [2.75, 3.05) is 13.2 Å². The van der Waals surface area contributed by atoms with E-state index >= 15 is 0 Å². The molecule has 1 saturated carbocycles. The fourth-order valence-electron chi connectivity index (χ4n) is 3.96. The molecule has 35 heavy (non-hydrogen) atoms. The van der Waals surface area contributed by atoms with E-state index in [2.05, 4.69) is 25.0 Å². The van der Waals surface area contributed by atoms with Crippen LogP contribution in [0.25, 0.3) is 22.4 Å². The van der Waals surface area contributed by atoms with Crippen LogP contribution in [-0.4, -0.2) is 48.0 Å². The smallest absolute Gasteiger partial charge is 0.182 e. The van der Waals surface area contributed by atoms with Crippen LogP contribution < -0.4 is 0 Å². The van der Waals surface area contributed by atoms with Gasteiger partial charge in [0.25, 0.3) is 0 Å². The van der Waals surface area contributed by atoms with Crippen LogP contribution in [0.4, 0.5) is 4.39 Å². The highest BCUT2D eigenvalue weighted by atomic mass is 35.5. The molecule has 0 bridgehead atoms. The van der Waals surface area contributed by atoms with Crippen molar-refractivity contribution >= 4 is 22.8 Å². The van der Waals surface area contributed by atoms with Crippen molar-refractivity contribution in [2.24, 2.45) is 0 Å². The summed E-state index contributed by atoms with van der Waals surface area (Å²) in [6, 6.07) is 7.07. The Morgan fingerprint density at radius 3 is 2.49 bits per heavy atom. The minimum absolute atomic E-state index is 0.209. The topological polar surface area (TPSA) is 98.8 Å². The molecule has 1 aliphatic carbocycles. The molecule has 0 spiro atoms. The quantitative estimate of drug-likeness (QED) is 0.438. The number of rotatable bonds is 3. The SMILES string of the molecule is Cc1nc2nc(C3(O)CCOCC3)nc(-c3ccc(Cl)cc3F)c2nc1C.c1cnn(C2CC2)c1. The van der Waals surface area contributed by atoms with Gasteiger partial charge in [-0.1, -0.05) is 11.6 Å². The van der Waals surface area contributed by atoms with Crippen molar-refractivity contribution in [3.05, 3.63) is 64.7 Å². The number of fused-ring (bicyclic) bond motifs is 1. The van der Waals surface area contributed by atoms with E-state index in [1.165, 1.54) is 18.9 Å². The van der Waals surface area contributed by atoms with Crippen LogP contribution in [0.15, 0.2) is 36.7 Å². The fourth-order valence-corrected chi connectivity index (χ4v) is 4.12. The lowest BCUT2D eigenvalue weighted by molar-refractivity contribution is -0.0731. The molecule has 1 aromatic carbocycles. The summed E-state index contributed by atoms with van der Waals surface area (Å²) in [5.74, 6) is -0.312. The molecule has 4 aromatic rings. The van der Waals surface area contributed by atoms with E-state index in [4.69, 9.17) is 16.3 Å². The van der Waals surface area contributed by atoms with Crippen LogP contribution in [0.2, 0.25) is 5.02 Å². The molecule has 8 nitrogen and oxygen atoms in total. The highest BCUT2D eigenvalue weighted by Gasteiger charge is 2.36. The van der Waals surface area contributed by atoms with Gasteiger partial charge < -0.3 is 9.84 Å². The van der Waals surface area contributed by atoms with Crippen molar-refractivity contribution in [3.8, 4) is 11.3 Å². The summed E-state index contributed by atoms with van der Waals surface area (Å²) in [5.41, 5.74) is 1.42. The number of ether oxygens (including phenoxy) is 1. The van der Waals surface area contributed by atoms with Crippen LogP contribution >= 0.6 is 11.6 Å². The molecule has 0 unspecified atom stereocenters. The van der Waals surface area contributed by atoms with Crippen molar-refractivity contribution in [1.82, 2.24) is 29.7 Å². The van der Waals surface area contributed by atoms with E-state index in [9.17, 15) is 9.50 Å². The maximum atomic E-state index is 14.6. The molecule has 3 aromatic heterocycles. The second-order valence-corrected chi connectivity index (χ2v) is 9.38. The lowest BCUT2D eigenvalue weighted by Crippen LogP contribution is -2.35. The largest absolute Gasteiger partial charge is 0.382 e. The highest BCUT2D eigenvalue weighted by molar-refractivity contribution is 6.30. The maximum Gasteiger partial charge on any atom is 0.182 e. The van der Waals surface area contributed by atoms with E-state index in [-0.39, 0.29) is 16.4 Å². The first kappa shape index (κ1) is 23.7. The number of aromatic nitrogens is 6. The Kier molecular flexibility index (Phi) is 6.48. The summed E-state index contributed by atoms with van der Waals surface area (Å²) in [4.78, 5) is 18.0. The summed E-state index contributed by atoms with van der Waals surface area (Å²) < 4.78 is 22.0.